The van der Waals surface area contributed by atoms with Crippen LogP contribution in [0.1, 0.15) is 34.2 Å². The van der Waals surface area contributed by atoms with Crippen LogP contribution in [-0.2, 0) is 13.0 Å². The first-order valence-corrected chi connectivity index (χ1v) is 8.87. The Morgan fingerprint density at radius 2 is 2.12 bits per heavy atom. The molecule has 0 fully saturated rings. The van der Waals surface area contributed by atoms with E-state index in [0.29, 0.717) is 23.7 Å². The van der Waals surface area contributed by atoms with Gasteiger partial charge in [0.05, 0.1) is 10.2 Å². The minimum atomic E-state index is -0.156. The maximum atomic E-state index is 12.8. The summed E-state index contributed by atoms with van der Waals surface area (Å²) in [4.78, 5) is 17.4. The number of benzene rings is 1. The average molecular weight is 407 g/mol. The van der Waals surface area contributed by atoms with Crippen LogP contribution in [0.25, 0.3) is 5.65 Å². The first kappa shape index (κ1) is 17.0. The van der Waals surface area contributed by atoms with E-state index in [0.717, 1.165) is 26.9 Å². The standard InChI is InChI=1S/C18H17BrClN3O/c1-3-15-16(23-10-11(2)8-13(19)17(23)22-15)18(24)21-9-12-6-4-5-7-14(12)20/h4-8,10H,3,9H2,1-2H3,(H,21,24). The highest BCUT2D eigenvalue weighted by molar-refractivity contribution is 9.10. The average Bonchev–Trinajstić information content (AvgIpc) is 2.92. The number of nitrogens with zero attached hydrogens (tertiary/aromatic N) is 2. The minimum Gasteiger partial charge on any atom is -0.347 e. The van der Waals surface area contributed by atoms with Gasteiger partial charge in [0.25, 0.3) is 5.91 Å². The van der Waals surface area contributed by atoms with Crippen molar-refractivity contribution < 1.29 is 4.79 Å². The van der Waals surface area contributed by atoms with E-state index in [9.17, 15) is 4.79 Å². The van der Waals surface area contributed by atoms with Crippen LogP contribution >= 0.6 is 27.5 Å². The maximum absolute atomic E-state index is 12.8. The zero-order valence-corrected chi connectivity index (χ0v) is 15.8. The van der Waals surface area contributed by atoms with Gasteiger partial charge in [-0.25, -0.2) is 4.98 Å². The van der Waals surface area contributed by atoms with Crippen molar-refractivity contribution in [1.29, 1.82) is 0 Å². The number of carbonyl (C=O) groups is 1. The molecule has 3 aromatic rings. The highest BCUT2D eigenvalue weighted by atomic mass is 79.9. The molecule has 2 heterocycles. The fourth-order valence-electron chi connectivity index (χ4n) is 2.67. The van der Waals surface area contributed by atoms with Crippen molar-refractivity contribution in [1.82, 2.24) is 14.7 Å². The van der Waals surface area contributed by atoms with Crippen molar-refractivity contribution in [3.63, 3.8) is 0 Å². The van der Waals surface area contributed by atoms with Crippen molar-refractivity contribution in [3.05, 3.63) is 68.5 Å². The highest BCUT2D eigenvalue weighted by Crippen LogP contribution is 2.23. The summed E-state index contributed by atoms with van der Waals surface area (Å²) >= 11 is 9.68. The fraction of sp³-hybridized carbons (Fsp3) is 0.222. The first-order chi connectivity index (χ1) is 11.5. The zero-order valence-electron chi connectivity index (χ0n) is 13.4. The number of nitrogens with one attached hydrogen (secondary N) is 1. The molecule has 1 aromatic carbocycles. The van der Waals surface area contributed by atoms with Gasteiger partial charge in [-0.1, -0.05) is 36.7 Å². The summed E-state index contributed by atoms with van der Waals surface area (Å²) < 4.78 is 2.72. The molecule has 2 aromatic heterocycles. The second kappa shape index (κ2) is 6.95. The maximum Gasteiger partial charge on any atom is 0.270 e. The Balaban J connectivity index is 1.96. The van der Waals surface area contributed by atoms with Crippen LogP contribution in [0.4, 0.5) is 0 Å². The molecule has 0 radical (unpaired) electrons. The summed E-state index contributed by atoms with van der Waals surface area (Å²) in [6, 6.07) is 9.48. The Morgan fingerprint density at radius 3 is 2.83 bits per heavy atom. The molecule has 0 saturated carbocycles. The Labute approximate surface area is 154 Å². The SMILES string of the molecule is CCc1nc2c(Br)cc(C)cn2c1C(=O)NCc1ccccc1Cl. The van der Waals surface area contributed by atoms with Crippen molar-refractivity contribution in [2.75, 3.05) is 0 Å². The molecule has 0 bridgehead atoms. The lowest BCUT2D eigenvalue weighted by Crippen LogP contribution is -2.25. The van der Waals surface area contributed by atoms with Crippen LogP contribution in [0.2, 0.25) is 5.02 Å². The summed E-state index contributed by atoms with van der Waals surface area (Å²) in [5.41, 5.74) is 4.04. The number of rotatable bonds is 4. The van der Waals surface area contributed by atoms with Gasteiger partial charge in [0, 0.05) is 17.8 Å². The molecule has 4 nitrogen and oxygen atoms in total. The number of imidazole rings is 1. The largest absolute Gasteiger partial charge is 0.347 e. The van der Waals surface area contributed by atoms with Gasteiger partial charge in [0.15, 0.2) is 5.65 Å². The van der Waals surface area contributed by atoms with Crippen molar-refractivity contribution in [2.45, 2.75) is 26.8 Å². The van der Waals surface area contributed by atoms with E-state index in [1.54, 1.807) is 0 Å². The molecule has 0 unspecified atom stereocenters. The topological polar surface area (TPSA) is 46.4 Å². The quantitative estimate of drug-likeness (QED) is 0.691. The van der Waals surface area contributed by atoms with Crippen molar-refractivity contribution in [2.24, 2.45) is 0 Å². The second-order valence-corrected chi connectivity index (χ2v) is 6.86. The number of hydrogen-bond acceptors (Lipinski definition) is 2. The van der Waals surface area contributed by atoms with E-state index in [4.69, 9.17) is 11.6 Å². The van der Waals surface area contributed by atoms with Gasteiger partial charge in [0.1, 0.15) is 5.69 Å². The predicted octanol–water partition coefficient (Wildman–Crippen LogP) is 4.55. The molecule has 24 heavy (non-hydrogen) atoms. The zero-order chi connectivity index (χ0) is 17.3. The number of aromatic nitrogens is 2. The van der Waals surface area contributed by atoms with E-state index in [2.05, 4.69) is 26.2 Å². The van der Waals surface area contributed by atoms with Crippen LogP contribution in [0.3, 0.4) is 0 Å². The van der Waals surface area contributed by atoms with Gasteiger partial charge in [0.2, 0.25) is 0 Å². The number of aryl methyl sites for hydroxylation is 2. The third kappa shape index (κ3) is 3.19. The lowest BCUT2D eigenvalue weighted by atomic mass is 10.2. The molecule has 1 amide bonds. The second-order valence-electron chi connectivity index (χ2n) is 5.59. The third-order valence-corrected chi connectivity index (χ3v) is 4.78. The molecule has 124 valence electrons. The van der Waals surface area contributed by atoms with Crippen LogP contribution in [-0.4, -0.2) is 15.3 Å². The first-order valence-electron chi connectivity index (χ1n) is 7.70. The van der Waals surface area contributed by atoms with Gasteiger partial charge in [-0.15, -0.1) is 0 Å². The number of hydrogen-bond donors (Lipinski definition) is 1. The fourth-order valence-corrected chi connectivity index (χ4v) is 3.51. The van der Waals surface area contributed by atoms with Crippen molar-refractivity contribution in [3.8, 4) is 0 Å². The summed E-state index contributed by atoms with van der Waals surface area (Å²) in [5, 5.41) is 3.59. The smallest absolute Gasteiger partial charge is 0.270 e. The number of fused-ring (bicyclic) bond motifs is 1. The number of pyridine rings is 1. The van der Waals surface area contributed by atoms with E-state index in [1.807, 2.05) is 54.8 Å². The molecular formula is C18H17BrClN3O. The van der Waals surface area contributed by atoms with Crippen LogP contribution in [0.5, 0.6) is 0 Å². The van der Waals surface area contributed by atoms with Crippen LogP contribution in [0, 0.1) is 6.92 Å². The molecule has 0 aliphatic carbocycles. The lowest BCUT2D eigenvalue weighted by molar-refractivity contribution is 0.0944. The number of carbonyl (C=O) groups excluding carboxylic acids is 1. The van der Waals surface area contributed by atoms with Crippen LogP contribution in [0.15, 0.2) is 41.0 Å². The third-order valence-electron chi connectivity index (χ3n) is 3.83. The van der Waals surface area contributed by atoms with E-state index in [1.165, 1.54) is 0 Å². The molecular weight excluding hydrogens is 390 g/mol. The number of halogens is 2. The molecule has 1 N–H and O–H groups in total. The monoisotopic (exact) mass is 405 g/mol. The Morgan fingerprint density at radius 1 is 1.38 bits per heavy atom. The highest BCUT2D eigenvalue weighted by Gasteiger charge is 2.19. The summed E-state index contributed by atoms with van der Waals surface area (Å²) in [5.74, 6) is -0.156. The predicted molar refractivity (Wildman–Crippen MR) is 99.6 cm³/mol. The molecule has 0 aliphatic rings. The van der Waals surface area contributed by atoms with Gasteiger partial charge < -0.3 is 5.32 Å². The summed E-state index contributed by atoms with van der Waals surface area (Å²) in [7, 11) is 0. The molecule has 6 heteroatoms. The van der Waals surface area contributed by atoms with Gasteiger partial charge in [-0.3, -0.25) is 9.20 Å². The minimum absolute atomic E-state index is 0.156. The number of amides is 1. The normalized spacial score (nSPS) is 11.0. The molecule has 0 atom stereocenters. The van der Waals surface area contributed by atoms with Gasteiger partial charge in [-0.05, 0) is 52.5 Å². The molecule has 0 spiro atoms. The van der Waals surface area contributed by atoms with Crippen LogP contribution < -0.4 is 5.32 Å². The Bertz CT molecular complexity index is 920. The van der Waals surface area contributed by atoms with Gasteiger partial charge in [-0.2, -0.15) is 0 Å². The molecule has 0 saturated heterocycles. The molecule has 0 aliphatic heterocycles. The summed E-state index contributed by atoms with van der Waals surface area (Å²) in [6.07, 6.45) is 2.61. The van der Waals surface area contributed by atoms with Gasteiger partial charge >= 0.3 is 0 Å². The lowest BCUT2D eigenvalue weighted by Gasteiger charge is -2.08. The van der Waals surface area contributed by atoms with Crippen molar-refractivity contribution >= 4 is 39.1 Å². The summed E-state index contributed by atoms with van der Waals surface area (Å²) in [6.45, 7) is 4.36. The van der Waals surface area contributed by atoms with E-state index < -0.39 is 0 Å². The Hall–Kier alpha value is -1.85. The van der Waals surface area contributed by atoms with E-state index >= 15 is 0 Å². The molecule has 3 rings (SSSR count). The van der Waals surface area contributed by atoms with E-state index in [-0.39, 0.29) is 5.91 Å². The Kier molecular flexibility index (Phi) is 4.92.